The quantitative estimate of drug-likeness (QED) is 0.393. The number of hydrogen-bond donors (Lipinski definition) is 1. The number of nitrogens with zero attached hydrogens (tertiary/aromatic N) is 3. The van der Waals surface area contributed by atoms with Gasteiger partial charge in [-0.25, -0.2) is 0 Å². The molecule has 30 heavy (non-hydrogen) atoms. The summed E-state index contributed by atoms with van der Waals surface area (Å²) in [5.74, 6) is 0.431. The van der Waals surface area contributed by atoms with Gasteiger partial charge in [-0.3, -0.25) is 4.79 Å². The molecule has 0 spiro atoms. The van der Waals surface area contributed by atoms with Crippen LogP contribution in [0.5, 0.6) is 0 Å². The number of aromatic nitrogens is 3. The Labute approximate surface area is 184 Å². The van der Waals surface area contributed by atoms with Gasteiger partial charge in [0.2, 0.25) is 5.91 Å². The Kier molecular flexibility index (Phi) is 6.30. The topological polar surface area (TPSA) is 73.8 Å². The highest BCUT2D eigenvalue weighted by atomic mass is 32.2. The van der Waals surface area contributed by atoms with E-state index in [4.69, 9.17) is 5.73 Å². The minimum atomic E-state index is -0.338. The van der Waals surface area contributed by atoms with Crippen molar-refractivity contribution in [3.05, 3.63) is 88.8 Å². The molecule has 5 nitrogen and oxygen atoms in total. The summed E-state index contributed by atoms with van der Waals surface area (Å²) in [7, 11) is 0. The zero-order valence-corrected chi connectivity index (χ0v) is 18.2. The Balaban J connectivity index is 1.76. The van der Waals surface area contributed by atoms with Crippen LogP contribution in [0, 0.1) is 6.92 Å². The highest BCUT2D eigenvalue weighted by Gasteiger charge is 2.23. The molecule has 2 N–H and O–H groups in total. The van der Waals surface area contributed by atoms with Crippen LogP contribution in [0.25, 0.3) is 10.7 Å². The van der Waals surface area contributed by atoms with Crippen LogP contribution < -0.4 is 5.73 Å². The van der Waals surface area contributed by atoms with Gasteiger partial charge in [-0.05, 0) is 35.1 Å². The van der Waals surface area contributed by atoms with Gasteiger partial charge in [0.1, 0.15) is 0 Å². The Morgan fingerprint density at radius 2 is 1.83 bits per heavy atom. The number of hydrogen-bond acceptors (Lipinski definition) is 5. The first kappa shape index (κ1) is 20.4. The third-order valence-corrected chi connectivity index (χ3v) is 6.98. The van der Waals surface area contributed by atoms with Crippen molar-refractivity contribution in [3.63, 3.8) is 0 Å². The summed E-state index contributed by atoms with van der Waals surface area (Å²) in [4.78, 5) is 12.5. The van der Waals surface area contributed by atoms with E-state index >= 15 is 0 Å². The van der Waals surface area contributed by atoms with Crippen molar-refractivity contribution >= 4 is 29.0 Å². The van der Waals surface area contributed by atoms with Crippen LogP contribution in [-0.2, 0) is 11.3 Å². The van der Waals surface area contributed by atoms with Gasteiger partial charge in [-0.15, -0.1) is 21.5 Å². The maximum Gasteiger partial charge on any atom is 0.219 e. The fourth-order valence-corrected chi connectivity index (χ4v) is 5.32. The lowest BCUT2D eigenvalue weighted by Crippen LogP contribution is -2.15. The number of nitrogens with two attached hydrogens (primary N) is 1. The molecule has 0 aliphatic heterocycles. The fraction of sp³-hybridized carbons (Fsp3) is 0.174. The average molecular weight is 435 g/mol. The highest BCUT2D eigenvalue weighted by molar-refractivity contribution is 7.99. The van der Waals surface area contributed by atoms with Crippen molar-refractivity contribution in [3.8, 4) is 10.7 Å². The molecule has 1 amide bonds. The monoisotopic (exact) mass is 434 g/mol. The van der Waals surface area contributed by atoms with Crippen LogP contribution in [0.3, 0.4) is 0 Å². The van der Waals surface area contributed by atoms with E-state index in [9.17, 15) is 4.79 Å². The highest BCUT2D eigenvalue weighted by Crippen LogP contribution is 2.42. The molecule has 7 heteroatoms. The van der Waals surface area contributed by atoms with Crippen LogP contribution in [0.2, 0.25) is 0 Å². The van der Waals surface area contributed by atoms with E-state index in [0.717, 1.165) is 15.9 Å². The van der Waals surface area contributed by atoms with Crippen molar-refractivity contribution in [2.24, 2.45) is 5.73 Å². The number of thioether (sulfide) groups is 1. The summed E-state index contributed by atoms with van der Waals surface area (Å²) in [6.07, 6.45) is 0.240. The number of aryl methyl sites for hydroxylation is 1. The summed E-state index contributed by atoms with van der Waals surface area (Å²) in [6.45, 7) is 2.58. The number of benzene rings is 2. The zero-order valence-electron chi connectivity index (χ0n) is 16.6. The Morgan fingerprint density at radius 3 is 2.53 bits per heavy atom. The molecule has 2 aromatic heterocycles. The van der Waals surface area contributed by atoms with E-state index in [0.29, 0.717) is 6.54 Å². The third-order valence-electron chi connectivity index (χ3n) is 4.84. The van der Waals surface area contributed by atoms with Gasteiger partial charge >= 0.3 is 0 Å². The van der Waals surface area contributed by atoms with Gasteiger partial charge in [-0.2, -0.15) is 0 Å². The lowest BCUT2D eigenvalue weighted by molar-refractivity contribution is -0.118. The van der Waals surface area contributed by atoms with Crippen molar-refractivity contribution < 1.29 is 4.79 Å². The van der Waals surface area contributed by atoms with E-state index in [2.05, 4.69) is 65.7 Å². The molecule has 0 radical (unpaired) electrons. The summed E-state index contributed by atoms with van der Waals surface area (Å²) in [5.41, 5.74) is 9.08. The normalized spacial score (nSPS) is 12.0. The number of primary amides is 1. The molecular weight excluding hydrogens is 412 g/mol. The van der Waals surface area contributed by atoms with Crippen LogP contribution in [-0.4, -0.2) is 20.7 Å². The molecule has 0 saturated heterocycles. The Bertz CT molecular complexity index is 1120. The summed E-state index contributed by atoms with van der Waals surface area (Å²) < 4.78 is 2.01. The maximum atomic E-state index is 11.5. The van der Waals surface area contributed by atoms with Crippen LogP contribution >= 0.6 is 23.1 Å². The lowest BCUT2D eigenvalue weighted by Gasteiger charge is -2.20. The predicted octanol–water partition coefficient (Wildman–Crippen LogP) is 5.07. The Hall–Kier alpha value is -2.90. The maximum absolute atomic E-state index is 11.5. The molecule has 0 unspecified atom stereocenters. The molecule has 2 aromatic carbocycles. The molecule has 1 atom stereocenters. The third kappa shape index (κ3) is 4.47. The predicted molar refractivity (Wildman–Crippen MR) is 122 cm³/mol. The average Bonchev–Trinajstić information content (AvgIpc) is 3.41. The van der Waals surface area contributed by atoms with E-state index in [1.807, 2.05) is 28.1 Å². The first-order chi connectivity index (χ1) is 14.6. The standard InChI is InChI=1S/C23H22N4OS2/c1-16-8-5-6-11-18(16)21(17-9-3-2-4-10-17)30-23-26-25-22(19-12-7-15-29-19)27(23)14-13-20(24)28/h2-12,15,21H,13-14H2,1H3,(H2,24,28)/t21-/m1/s1. The molecule has 0 bridgehead atoms. The molecule has 0 saturated carbocycles. The molecule has 0 aliphatic rings. The minimum Gasteiger partial charge on any atom is -0.370 e. The fourth-order valence-electron chi connectivity index (χ4n) is 3.31. The summed E-state index contributed by atoms with van der Waals surface area (Å²) >= 11 is 3.25. The Morgan fingerprint density at radius 1 is 1.07 bits per heavy atom. The minimum absolute atomic E-state index is 0.0557. The summed E-state index contributed by atoms with van der Waals surface area (Å²) in [6, 6.07) is 22.8. The second-order valence-corrected chi connectivity index (χ2v) is 8.94. The number of carbonyl (C=O) groups is 1. The summed E-state index contributed by atoms with van der Waals surface area (Å²) in [5, 5.41) is 11.8. The molecule has 4 aromatic rings. The van der Waals surface area contributed by atoms with E-state index < -0.39 is 0 Å². The van der Waals surface area contributed by atoms with Gasteiger partial charge in [0.25, 0.3) is 0 Å². The zero-order chi connectivity index (χ0) is 20.9. The smallest absolute Gasteiger partial charge is 0.219 e. The number of thiophene rings is 1. The van der Waals surface area contributed by atoms with E-state index in [1.165, 1.54) is 16.7 Å². The molecular formula is C23H22N4OS2. The first-order valence-corrected chi connectivity index (χ1v) is 11.4. The number of rotatable bonds is 8. The van der Waals surface area contributed by atoms with Crippen LogP contribution in [0.1, 0.15) is 28.4 Å². The first-order valence-electron chi connectivity index (χ1n) is 9.66. The van der Waals surface area contributed by atoms with Gasteiger partial charge in [0.05, 0.1) is 10.1 Å². The van der Waals surface area contributed by atoms with E-state index in [1.54, 1.807) is 23.1 Å². The van der Waals surface area contributed by atoms with Crippen molar-refractivity contribution in [2.45, 2.75) is 30.3 Å². The van der Waals surface area contributed by atoms with Crippen LogP contribution in [0.4, 0.5) is 0 Å². The molecule has 152 valence electrons. The lowest BCUT2D eigenvalue weighted by atomic mass is 10.0. The number of carbonyl (C=O) groups excluding carboxylic acids is 1. The molecule has 0 fully saturated rings. The second kappa shape index (κ2) is 9.28. The van der Waals surface area contributed by atoms with Gasteiger partial charge in [0.15, 0.2) is 11.0 Å². The SMILES string of the molecule is Cc1ccccc1[C@H](Sc1nnc(-c2cccs2)n1CCC(N)=O)c1ccccc1. The van der Waals surface area contributed by atoms with Gasteiger partial charge < -0.3 is 10.3 Å². The molecule has 2 heterocycles. The molecule has 0 aliphatic carbocycles. The van der Waals surface area contributed by atoms with Crippen molar-refractivity contribution in [1.82, 2.24) is 14.8 Å². The van der Waals surface area contributed by atoms with Crippen molar-refractivity contribution in [1.29, 1.82) is 0 Å². The second-order valence-electron chi connectivity index (χ2n) is 6.92. The largest absolute Gasteiger partial charge is 0.370 e. The molecule has 4 rings (SSSR count). The van der Waals surface area contributed by atoms with Gasteiger partial charge in [-0.1, -0.05) is 72.4 Å². The van der Waals surface area contributed by atoms with Crippen molar-refractivity contribution in [2.75, 3.05) is 0 Å². The van der Waals surface area contributed by atoms with Gasteiger partial charge in [0, 0.05) is 13.0 Å². The van der Waals surface area contributed by atoms with E-state index in [-0.39, 0.29) is 17.6 Å². The number of amides is 1. The van der Waals surface area contributed by atoms with Crippen LogP contribution in [0.15, 0.2) is 77.3 Å².